The number of rotatable bonds is 2. The monoisotopic (exact) mass is 208 g/mol. The van der Waals surface area contributed by atoms with Crippen LogP contribution < -0.4 is 4.48 Å². The lowest BCUT2D eigenvalue weighted by Crippen LogP contribution is -2.35. The van der Waals surface area contributed by atoms with Gasteiger partial charge < -0.3 is 5.11 Å². The minimum absolute atomic E-state index is 0.431. The highest BCUT2D eigenvalue weighted by molar-refractivity contribution is 5.92. The molecule has 0 spiro atoms. The van der Waals surface area contributed by atoms with Crippen molar-refractivity contribution in [1.82, 2.24) is 4.48 Å². The van der Waals surface area contributed by atoms with Crippen LogP contribution in [-0.2, 0) is 0 Å². The van der Waals surface area contributed by atoms with E-state index in [1.165, 1.54) is 0 Å². The molecule has 0 fully saturated rings. The first-order valence-electron chi connectivity index (χ1n) is 4.90. The van der Waals surface area contributed by atoms with Crippen molar-refractivity contribution in [2.75, 3.05) is 21.1 Å². The third kappa shape index (κ3) is 2.18. The minimum Gasteiger partial charge on any atom is -0.478 e. The van der Waals surface area contributed by atoms with Crippen LogP contribution in [0.1, 0.15) is 21.5 Å². The SMILES string of the molecule is Cc1ccc([N+](C)(C)C)c(C)c1C(=O)O. The minimum atomic E-state index is -0.847. The molecular formula is C12H18NO2+. The second-order valence-electron chi connectivity index (χ2n) is 4.72. The van der Waals surface area contributed by atoms with E-state index in [0.29, 0.717) is 10.0 Å². The summed E-state index contributed by atoms with van der Waals surface area (Å²) in [6.07, 6.45) is 0. The van der Waals surface area contributed by atoms with Crippen LogP contribution in [0.25, 0.3) is 0 Å². The van der Waals surface area contributed by atoms with Crippen LogP contribution in [0.4, 0.5) is 5.69 Å². The summed E-state index contributed by atoms with van der Waals surface area (Å²) in [4.78, 5) is 11.1. The molecule has 82 valence electrons. The number of carboxylic acid groups (broad SMARTS) is 1. The van der Waals surface area contributed by atoms with Crippen molar-refractivity contribution in [3.05, 3.63) is 28.8 Å². The fraction of sp³-hybridized carbons (Fsp3) is 0.417. The second-order valence-corrected chi connectivity index (χ2v) is 4.72. The molecule has 0 saturated carbocycles. The Morgan fingerprint density at radius 2 is 1.73 bits per heavy atom. The van der Waals surface area contributed by atoms with E-state index in [2.05, 4.69) is 0 Å². The Kier molecular flexibility index (Phi) is 2.86. The topological polar surface area (TPSA) is 37.3 Å². The third-order valence-corrected chi connectivity index (χ3v) is 2.58. The van der Waals surface area contributed by atoms with Gasteiger partial charge in [-0.25, -0.2) is 4.79 Å². The van der Waals surface area contributed by atoms with Crippen LogP contribution in [0.15, 0.2) is 12.1 Å². The van der Waals surface area contributed by atoms with Crippen LogP contribution in [-0.4, -0.2) is 32.2 Å². The Hall–Kier alpha value is -1.35. The molecule has 0 radical (unpaired) electrons. The van der Waals surface area contributed by atoms with Gasteiger partial charge in [-0.15, -0.1) is 0 Å². The molecule has 0 aliphatic heterocycles. The Labute approximate surface area is 90.5 Å². The molecule has 1 N–H and O–H groups in total. The van der Waals surface area contributed by atoms with E-state index >= 15 is 0 Å². The molecule has 15 heavy (non-hydrogen) atoms. The number of quaternary nitrogens is 1. The molecule has 3 heteroatoms. The molecule has 0 unspecified atom stereocenters. The van der Waals surface area contributed by atoms with Crippen LogP contribution in [0.5, 0.6) is 0 Å². The zero-order chi connectivity index (χ0) is 11.8. The van der Waals surface area contributed by atoms with Crippen molar-refractivity contribution in [1.29, 1.82) is 0 Å². The standard InChI is InChI=1S/C12H17NO2/c1-8-6-7-10(13(3,4)5)9(2)11(8)12(14)15/h6-7H,1-5H3/p+1. The highest BCUT2D eigenvalue weighted by Crippen LogP contribution is 2.27. The predicted octanol–water partition coefficient (Wildman–Crippen LogP) is 2.20. The number of hydrogen-bond acceptors (Lipinski definition) is 1. The van der Waals surface area contributed by atoms with Gasteiger partial charge in [0.15, 0.2) is 0 Å². The molecule has 0 heterocycles. The van der Waals surface area contributed by atoms with E-state index in [1.54, 1.807) is 0 Å². The first-order valence-corrected chi connectivity index (χ1v) is 4.90. The molecule has 0 amide bonds. The molecule has 1 aromatic rings. The van der Waals surface area contributed by atoms with Crippen molar-refractivity contribution in [2.24, 2.45) is 0 Å². The molecule has 1 aromatic carbocycles. The molecule has 0 aliphatic carbocycles. The first-order chi connectivity index (χ1) is 6.75. The molecule has 0 atom stereocenters. The van der Waals surface area contributed by atoms with Crippen LogP contribution in [0.3, 0.4) is 0 Å². The van der Waals surface area contributed by atoms with E-state index < -0.39 is 5.97 Å². The molecule has 0 bridgehead atoms. The van der Waals surface area contributed by atoms with Crippen LogP contribution >= 0.6 is 0 Å². The lowest BCUT2D eigenvalue weighted by Gasteiger charge is -2.26. The maximum absolute atomic E-state index is 11.1. The Morgan fingerprint density at radius 1 is 1.20 bits per heavy atom. The van der Waals surface area contributed by atoms with Gasteiger partial charge in [-0.1, -0.05) is 6.07 Å². The molecule has 3 nitrogen and oxygen atoms in total. The number of hydrogen-bond donors (Lipinski definition) is 1. The van der Waals surface area contributed by atoms with Crippen LogP contribution in [0.2, 0.25) is 0 Å². The normalized spacial score (nSPS) is 11.5. The van der Waals surface area contributed by atoms with E-state index in [4.69, 9.17) is 5.11 Å². The van der Waals surface area contributed by atoms with E-state index in [0.717, 1.165) is 16.8 Å². The second kappa shape index (κ2) is 3.66. The molecule has 1 rings (SSSR count). The third-order valence-electron chi connectivity index (χ3n) is 2.58. The summed E-state index contributed by atoms with van der Waals surface area (Å²) in [5, 5.41) is 9.13. The lowest BCUT2D eigenvalue weighted by molar-refractivity contribution is 0.0695. The maximum Gasteiger partial charge on any atom is 0.336 e. The Bertz CT molecular complexity index is 403. The fourth-order valence-corrected chi connectivity index (χ4v) is 1.89. The van der Waals surface area contributed by atoms with Crippen molar-refractivity contribution >= 4 is 11.7 Å². The first kappa shape index (κ1) is 11.7. The van der Waals surface area contributed by atoms with Gasteiger partial charge in [0.05, 0.1) is 26.7 Å². The largest absolute Gasteiger partial charge is 0.478 e. The quantitative estimate of drug-likeness (QED) is 0.756. The molecule has 0 saturated heterocycles. The van der Waals surface area contributed by atoms with Crippen LogP contribution in [0, 0.1) is 13.8 Å². The molecular weight excluding hydrogens is 190 g/mol. The summed E-state index contributed by atoms with van der Waals surface area (Å²) in [6.45, 7) is 3.70. The number of benzene rings is 1. The smallest absolute Gasteiger partial charge is 0.336 e. The molecule has 0 aliphatic rings. The molecule has 0 aromatic heterocycles. The van der Waals surface area contributed by atoms with Gasteiger partial charge >= 0.3 is 5.97 Å². The lowest BCUT2D eigenvalue weighted by atomic mass is 10.00. The predicted molar refractivity (Wildman–Crippen MR) is 62.4 cm³/mol. The van der Waals surface area contributed by atoms with E-state index in [-0.39, 0.29) is 0 Å². The Balaban J connectivity index is 3.49. The van der Waals surface area contributed by atoms with Crippen molar-refractivity contribution in [3.8, 4) is 0 Å². The van der Waals surface area contributed by atoms with Gasteiger partial charge in [-0.05, 0) is 25.5 Å². The van der Waals surface area contributed by atoms with Crippen molar-refractivity contribution in [3.63, 3.8) is 0 Å². The van der Waals surface area contributed by atoms with Gasteiger partial charge in [0, 0.05) is 5.56 Å². The summed E-state index contributed by atoms with van der Waals surface area (Å²) < 4.78 is 0.631. The highest BCUT2D eigenvalue weighted by Gasteiger charge is 2.21. The van der Waals surface area contributed by atoms with Gasteiger partial charge in [0.2, 0.25) is 0 Å². The van der Waals surface area contributed by atoms with Crippen molar-refractivity contribution < 1.29 is 9.90 Å². The number of aromatic carboxylic acids is 1. The summed E-state index contributed by atoms with van der Waals surface area (Å²) in [5.74, 6) is -0.847. The Morgan fingerprint density at radius 3 is 2.13 bits per heavy atom. The average molecular weight is 208 g/mol. The van der Waals surface area contributed by atoms with E-state index in [1.807, 2.05) is 47.1 Å². The number of nitrogens with zero attached hydrogens (tertiary/aromatic N) is 1. The summed E-state index contributed by atoms with van der Waals surface area (Å²) in [7, 11) is 6.09. The highest BCUT2D eigenvalue weighted by atomic mass is 16.4. The number of carboxylic acids is 1. The van der Waals surface area contributed by atoms with Crippen molar-refractivity contribution in [2.45, 2.75) is 13.8 Å². The zero-order valence-corrected chi connectivity index (χ0v) is 9.96. The fourth-order valence-electron chi connectivity index (χ4n) is 1.89. The summed E-state index contributed by atoms with van der Waals surface area (Å²) in [6, 6.07) is 3.87. The van der Waals surface area contributed by atoms with E-state index in [9.17, 15) is 4.79 Å². The zero-order valence-electron chi connectivity index (χ0n) is 9.96. The summed E-state index contributed by atoms with van der Waals surface area (Å²) >= 11 is 0. The average Bonchev–Trinajstić information content (AvgIpc) is 2.00. The number of carbonyl (C=O) groups is 1. The van der Waals surface area contributed by atoms with Gasteiger partial charge in [-0.2, -0.15) is 0 Å². The summed E-state index contributed by atoms with van der Waals surface area (Å²) in [5.41, 5.74) is 3.14. The van der Waals surface area contributed by atoms with Gasteiger partial charge in [0.1, 0.15) is 5.69 Å². The maximum atomic E-state index is 11.1. The van der Waals surface area contributed by atoms with Gasteiger partial charge in [0.25, 0.3) is 0 Å². The van der Waals surface area contributed by atoms with Gasteiger partial charge in [-0.3, -0.25) is 4.48 Å². The number of aryl methyl sites for hydroxylation is 1.